The van der Waals surface area contributed by atoms with Crippen molar-refractivity contribution in [1.29, 1.82) is 0 Å². The summed E-state index contributed by atoms with van der Waals surface area (Å²) in [7, 11) is 0. The lowest BCUT2D eigenvalue weighted by Gasteiger charge is -2.32. The highest BCUT2D eigenvalue weighted by atomic mass is 16.6. The first-order chi connectivity index (χ1) is 6.11. The molecule has 0 aliphatic carbocycles. The zero-order valence-corrected chi connectivity index (χ0v) is 8.45. The van der Waals surface area contributed by atoms with Crippen LogP contribution in [0.25, 0.3) is 0 Å². The third-order valence-electron chi connectivity index (χ3n) is 1.94. The normalized spacial score (nSPS) is 23.4. The molecule has 0 aromatic carbocycles. The molecule has 0 saturated carbocycles. The maximum atomic E-state index is 11.5. The first kappa shape index (κ1) is 10.3. The average molecular weight is 187 g/mol. The maximum Gasteiger partial charge on any atom is 0.410 e. The lowest BCUT2D eigenvalue weighted by atomic mass is 10.3. The summed E-state index contributed by atoms with van der Waals surface area (Å²) in [5.41, 5.74) is 0. The van der Waals surface area contributed by atoms with Gasteiger partial charge in [-0.3, -0.25) is 0 Å². The highest BCUT2D eigenvalue weighted by Crippen LogP contribution is 2.08. The predicted octanol–water partition coefficient (Wildman–Crippen LogP) is 1.25. The summed E-state index contributed by atoms with van der Waals surface area (Å²) < 4.78 is 10.3. The van der Waals surface area contributed by atoms with Gasteiger partial charge in [-0.15, -0.1) is 0 Å². The fraction of sp³-hybridized carbons (Fsp3) is 0.889. The van der Waals surface area contributed by atoms with Crippen LogP contribution in [0, 0.1) is 0 Å². The minimum Gasteiger partial charge on any atom is -0.447 e. The smallest absolute Gasteiger partial charge is 0.410 e. The first-order valence-corrected chi connectivity index (χ1v) is 4.66. The molecule has 76 valence electrons. The van der Waals surface area contributed by atoms with Crippen LogP contribution in [-0.2, 0) is 9.47 Å². The molecule has 1 aliphatic rings. The summed E-state index contributed by atoms with van der Waals surface area (Å²) in [6.07, 6.45) is -0.284. The first-order valence-electron chi connectivity index (χ1n) is 4.66. The van der Waals surface area contributed by atoms with Gasteiger partial charge in [0.1, 0.15) is 0 Å². The van der Waals surface area contributed by atoms with Gasteiger partial charge >= 0.3 is 6.09 Å². The molecule has 4 nitrogen and oxygen atoms in total. The molecule has 0 bridgehead atoms. The SMILES string of the molecule is CC(C)OC(=O)N1CCOC[C@H]1C. The van der Waals surface area contributed by atoms with E-state index in [1.165, 1.54) is 0 Å². The largest absolute Gasteiger partial charge is 0.447 e. The van der Waals surface area contributed by atoms with Crippen molar-refractivity contribution in [1.82, 2.24) is 4.90 Å². The summed E-state index contributed by atoms with van der Waals surface area (Å²) >= 11 is 0. The van der Waals surface area contributed by atoms with Crippen molar-refractivity contribution in [3.05, 3.63) is 0 Å². The minimum atomic E-state index is -0.231. The molecule has 0 unspecified atom stereocenters. The van der Waals surface area contributed by atoms with E-state index < -0.39 is 0 Å². The number of morpholine rings is 1. The third-order valence-corrected chi connectivity index (χ3v) is 1.94. The van der Waals surface area contributed by atoms with E-state index in [-0.39, 0.29) is 18.2 Å². The van der Waals surface area contributed by atoms with Gasteiger partial charge in [0.25, 0.3) is 0 Å². The van der Waals surface area contributed by atoms with Gasteiger partial charge < -0.3 is 14.4 Å². The van der Waals surface area contributed by atoms with Crippen LogP contribution < -0.4 is 0 Å². The van der Waals surface area contributed by atoms with E-state index >= 15 is 0 Å². The van der Waals surface area contributed by atoms with Gasteiger partial charge in [-0.25, -0.2) is 4.79 Å². The number of hydrogen-bond donors (Lipinski definition) is 0. The Bertz CT molecular complexity index is 182. The van der Waals surface area contributed by atoms with Crippen molar-refractivity contribution < 1.29 is 14.3 Å². The molecule has 0 aromatic heterocycles. The average Bonchev–Trinajstić information content (AvgIpc) is 2.03. The van der Waals surface area contributed by atoms with Crippen molar-refractivity contribution in [2.45, 2.75) is 32.9 Å². The zero-order chi connectivity index (χ0) is 9.84. The standard InChI is InChI=1S/C9H17NO3/c1-7(2)13-9(11)10-4-5-12-6-8(10)3/h7-8H,4-6H2,1-3H3/t8-/m1/s1. The Hall–Kier alpha value is -0.770. The van der Waals surface area contributed by atoms with Gasteiger partial charge in [-0.2, -0.15) is 0 Å². The second kappa shape index (κ2) is 4.46. The maximum absolute atomic E-state index is 11.5. The van der Waals surface area contributed by atoms with Crippen LogP contribution >= 0.6 is 0 Å². The molecule has 1 rings (SSSR count). The molecule has 1 fully saturated rings. The number of carbonyl (C=O) groups is 1. The topological polar surface area (TPSA) is 38.8 Å². The lowest BCUT2D eigenvalue weighted by Crippen LogP contribution is -2.47. The number of amides is 1. The van der Waals surface area contributed by atoms with Gasteiger partial charge in [0, 0.05) is 6.54 Å². The fourth-order valence-electron chi connectivity index (χ4n) is 1.27. The van der Waals surface area contributed by atoms with Crippen LogP contribution in [0.2, 0.25) is 0 Å². The monoisotopic (exact) mass is 187 g/mol. The molecule has 0 N–H and O–H groups in total. The molecule has 0 spiro atoms. The van der Waals surface area contributed by atoms with Crippen molar-refractivity contribution in [2.24, 2.45) is 0 Å². The van der Waals surface area contributed by atoms with Crippen LogP contribution in [0.3, 0.4) is 0 Å². The third kappa shape index (κ3) is 2.88. The van der Waals surface area contributed by atoms with E-state index in [0.717, 1.165) is 0 Å². The molecule has 4 heteroatoms. The summed E-state index contributed by atoms with van der Waals surface area (Å²) in [6, 6.07) is 0.125. The van der Waals surface area contributed by atoms with Crippen LogP contribution in [0.4, 0.5) is 4.79 Å². The van der Waals surface area contributed by atoms with Gasteiger partial charge in [0.2, 0.25) is 0 Å². The summed E-state index contributed by atoms with van der Waals surface area (Å²) in [5.74, 6) is 0. The van der Waals surface area contributed by atoms with E-state index in [4.69, 9.17) is 9.47 Å². The molecule has 1 atom stereocenters. The van der Waals surface area contributed by atoms with Gasteiger partial charge in [-0.05, 0) is 20.8 Å². The van der Waals surface area contributed by atoms with Crippen molar-refractivity contribution in [3.63, 3.8) is 0 Å². The summed E-state index contributed by atoms with van der Waals surface area (Å²) in [4.78, 5) is 13.2. The molecule has 1 heterocycles. The molecule has 1 amide bonds. The molecule has 1 saturated heterocycles. The van der Waals surface area contributed by atoms with Gasteiger partial charge in [0.15, 0.2) is 0 Å². The molecule has 0 radical (unpaired) electrons. The zero-order valence-electron chi connectivity index (χ0n) is 8.45. The highest BCUT2D eigenvalue weighted by molar-refractivity contribution is 5.68. The van der Waals surface area contributed by atoms with E-state index in [1.807, 2.05) is 20.8 Å². The predicted molar refractivity (Wildman–Crippen MR) is 48.6 cm³/mol. The number of carbonyl (C=O) groups excluding carboxylic acids is 1. The Morgan fingerprint density at radius 1 is 1.62 bits per heavy atom. The van der Waals surface area contributed by atoms with E-state index in [1.54, 1.807) is 4.90 Å². The number of rotatable bonds is 1. The van der Waals surface area contributed by atoms with Crippen molar-refractivity contribution >= 4 is 6.09 Å². The van der Waals surface area contributed by atoms with Crippen molar-refractivity contribution in [3.8, 4) is 0 Å². The Morgan fingerprint density at radius 2 is 2.31 bits per heavy atom. The minimum absolute atomic E-state index is 0.0532. The molecular weight excluding hydrogens is 170 g/mol. The fourth-order valence-corrected chi connectivity index (χ4v) is 1.27. The molecule has 0 aromatic rings. The van der Waals surface area contributed by atoms with Gasteiger partial charge in [-0.1, -0.05) is 0 Å². The Morgan fingerprint density at radius 3 is 2.85 bits per heavy atom. The van der Waals surface area contributed by atoms with E-state index in [2.05, 4.69) is 0 Å². The van der Waals surface area contributed by atoms with Gasteiger partial charge in [0.05, 0.1) is 25.4 Å². The summed E-state index contributed by atoms with van der Waals surface area (Å²) in [6.45, 7) is 7.50. The number of hydrogen-bond acceptors (Lipinski definition) is 3. The highest BCUT2D eigenvalue weighted by Gasteiger charge is 2.25. The second-order valence-corrected chi connectivity index (χ2v) is 3.55. The van der Waals surface area contributed by atoms with E-state index in [0.29, 0.717) is 19.8 Å². The van der Waals surface area contributed by atoms with Crippen LogP contribution in [0.1, 0.15) is 20.8 Å². The molecule has 13 heavy (non-hydrogen) atoms. The van der Waals surface area contributed by atoms with Crippen LogP contribution in [0.15, 0.2) is 0 Å². The van der Waals surface area contributed by atoms with Crippen LogP contribution in [0.5, 0.6) is 0 Å². The Balaban J connectivity index is 2.44. The lowest BCUT2D eigenvalue weighted by molar-refractivity contribution is -0.00976. The summed E-state index contributed by atoms with van der Waals surface area (Å²) in [5, 5.41) is 0. The Kier molecular flexibility index (Phi) is 3.54. The van der Waals surface area contributed by atoms with E-state index in [9.17, 15) is 4.79 Å². The second-order valence-electron chi connectivity index (χ2n) is 3.55. The number of ether oxygens (including phenoxy) is 2. The van der Waals surface area contributed by atoms with Crippen LogP contribution in [-0.4, -0.2) is 42.9 Å². The molecule has 1 aliphatic heterocycles. The quantitative estimate of drug-likeness (QED) is 0.620. The number of nitrogens with zero attached hydrogens (tertiary/aromatic N) is 1. The molecular formula is C9H17NO3. The Labute approximate surface area is 78.8 Å². The van der Waals surface area contributed by atoms with Crippen molar-refractivity contribution in [2.75, 3.05) is 19.8 Å².